The normalized spacial score (nSPS) is 11.7. The van der Waals surface area contributed by atoms with Crippen LogP contribution in [-0.2, 0) is 19.5 Å². The SMILES string of the molecule is C#Cc1c(-c2ccccc2)c2cc3nc(cc4nc(cc5ccc(cc1[nH]2)[nH]5)C=C4)C=C3.[Zn]. The molecule has 33 heavy (non-hydrogen) atoms. The third kappa shape index (κ3) is 3.98. The Bertz CT molecular complexity index is 1630. The maximum absolute atomic E-state index is 6.01. The van der Waals surface area contributed by atoms with Crippen LogP contribution in [0.4, 0.5) is 0 Å². The molecule has 2 aliphatic rings. The third-order valence-corrected chi connectivity index (χ3v) is 5.55. The van der Waals surface area contributed by atoms with Crippen molar-refractivity contribution < 1.29 is 19.5 Å². The minimum absolute atomic E-state index is 0. The van der Waals surface area contributed by atoms with Crippen LogP contribution in [-0.4, -0.2) is 19.9 Å². The Hall–Kier alpha value is -4.00. The third-order valence-electron chi connectivity index (χ3n) is 5.55. The summed E-state index contributed by atoms with van der Waals surface area (Å²) in [4.78, 5) is 16.4. The Morgan fingerprint density at radius 3 is 1.91 bits per heavy atom. The van der Waals surface area contributed by atoms with Crippen LogP contribution in [0.3, 0.4) is 0 Å². The first kappa shape index (κ1) is 20.9. The monoisotopic (exact) mass is 474 g/mol. The first-order chi connectivity index (χ1) is 15.7. The number of H-pyrrole nitrogens is 2. The van der Waals surface area contributed by atoms with Gasteiger partial charge in [0, 0.05) is 41.6 Å². The maximum Gasteiger partial charge on any atom is 0.0659 e. The number of rotatable bonds is 1. The number of aromatic amines is 2. The standard InChI is InChI=1S/C28H18N4.Zn/c1-2-25-26-16-23-12-10-21(30-23)14-19-8-9-20(29-19)15-22-11-13-24(31-22)17-27(32-26)28(25)18-6-4-3-5-7-18;/h1,3-17,30,32H;. The molecular formula is C28H18N4Zn. The summed E-state index contributed by atoms with van der Waals surface area (Å²) in [6, 6.07) is 22.4. The van der Waals surface area contributed by atoms with Crippen molar-refractivity contribution in [3.63, 3.8) is 0 Å². The fraction of sp³-hybridized carbons (Fsp3) is 0. The molecule has 2 aliphatic heterocycles. The van der Waals surface area contributed by atoms with Crippen LogP contribution in [0.1, 0.15) is 28.3 Å². The van der Waals surface area contributed by atoms with E-state index in [1.54, 1.807) is 0 Å². The van der Waals surface area contributed by atoms with E-state index in [1.165, 1.54) is 0 Å². The summed E-state index contributed by atoms with van der Waals surface area (Å²) < 4.78 is 0. The second-order valence-corrected chi connectivity index (χ2v) is 7.75. The molecule has 5 heteroatoms. The van der Waals surface area contributed by atoms with E-state index in [2.05, 4.69) is 33.0 Å². The van der Waals surface area contributed by atoms with Crippen LogP contribution in [0.15, 0.2) is 66.7 Å². The zero-order chi connectivity index (χ0) is 21.5. The molecule has 0 fully saturated rings. The topological polar surface area (TPSA) is 57.4 Å². The first-order valence-electron chi connectivity index (χ1n) is 10.4. The summed E-state index contributed by atoms with van der Waals surface area (Å²) >= 11 is 0. The maximum atomic E-state index is 6.01. The van der Waals surface area contributed by atoms with E-state index >= 15 is 0 Å². The number of benzene rings is 1. The Balaban J connectivity index is 0.00000228. The fourth-order valence-electron chi connectivity index (χ4n) is 4.13. The van der Waals surface area contributed by atoms with Gasteiger partial charge in [-0.15, -0.1) is 6.42 Å². The van der Waals surface area contributed by atoms with E-state index in [9.17, 15) is 0 Å². The largest absolute Gasteiger partial charge is 0.355 e. The van der Waals surface area contributed by atoms with Gasteiger partial charge in [0.05, 0.1) is 33.9 Å². The van der Waals surface area contributed by atoms with Crippen molar-refractivity contribution in [1.82, 2.24) is 19.9 Å². The van der Waals surface area contributed by atoms with Crippen LogP contribution >= 0.6 is 0 Å². The summed E-state index contributed by atoms with van der Waals surface area (Å²) in [6.07, 6.45) is 14.0. The quantitative estimate of drug-likeness (QED) is 0.216. The smallest absolute Gasteiger partial charge is 0.0659 e. The number of fused-ring (bicyclic) bond motifs is 8. The molecule has 0 aliphatic carbocycles. The zero-order valence-electron chi connectivity index (χ0n) is 17.8. The average Bonchev–Trinajstić information content (AvgIpc) is 3.58. The van der Waals surface area contributed by atoms with Crippen molar-refractivity contribution in [1.29, 1.82) is 0 Å². The van der Waals surface area contributed by atoms with Gasteiger partial charge in [0.15, 0.2) is 0 Å². The van der Waals surface area contributed by atoms with Crippen LogP contribution in [0.5, 0.6) is 0 Å². The van der Waals surface area contributed by atoms with Gasteiger partial charge in [-0.1, -0.05) is 36.3 Å². The van der Waals surface area contributed by atoms with E-state index in [4.69, 9.17) is 11.4 Å². The fourth-order valence-corrected chi connectivity index (χ4v) is 4.13. The molecule has 5 heterocycles. The Kier molecular flexibility index (Phi) is 5.38. The molecule has 0 unspecified atom stereocenters. The average molecular weight is 476 g/mol. The molecule has 0 atom stereocenters. The summed E-state index contributed by atoms with van der Waals surface area (Å²) in [5.41, 5.74) is 10.1. The predicted octanol–water partition coefficient (Wildman–Crippen LogP) is 6.30. The minimum atomic E-state index is 0. The second-order valence-electron chi connectivity index (χ2n) is 7.75. The molecule has 8 bridgehead atoms. The zero-order valence-corrected chi connectivity index (χ0v) is 20.8. The van der Waals surface area contributed by atoms with E-state index in [-0.39, 0.29) is 19.5 Å². The number of terminal acetylenes is 1. The Labute approximate surface area is 203 Å². The van der Waals surface area contributed by atoms with Gasteiger partial charge in [-0.25, -0.2) is 9.97 Å². The van der Waals surface area contributed by atoms with Gasteiger partial charge in [0.2, 0.25) is 0 Å². The molecule has 4 nitrogen and oxygen atoms in total. The van der Waals surface area contributed by atoms with Crippen molar-refractivity contribution in [2.75, 3.05) is 0 Å². The molecule has 4 aromatic rings. The van der Waals surface area contributed by atoms with Gasteiger partial charge in [-0.05, 0) is 66.3 Å². The van der Waals surface area contributed by atoms with E-state index in [0.717, 1.165) is 61.5 Å². The van der Waals surface area contributed by atoms with Crippen molar-refractivity contribution in [3.8, 4) is 23.5 Å². The molecule has 2 N–H and O–H groups in total. The molecule has 152 valence electrons. The van der Waals surface area contributed by atoms with E-state index in [1.807, 2.05) is 78.9 Å². The van der Waals surface area contributed by atoms with Crippen molar-refractivity contribution >= 4 is 46.4 Å². The number of hydrogen-bond acceptors (Lipinski definition) is 2. The second kappa shape index (κ2) is 8.50. The van der Waals surface area contributed by atoms with Gasteiger partial charge in [0.25, 0.3) is 0 Å². The van der Waals surface area contributed by atoms with Crippen molar-refractivity contribution in [2.24, 2.45) is 0 Å². The van der Waals surface area contributed by atoms with E-state index < -0.39 is 0 Å². The van der Waals surface area contributed by atoms with Crippen molar-refractivity contribution in [3.05, 3.63) is 95.1 Å². The molecule has 0 amide bonds. The molecule has 0 spiro atoms. The number of hydrogen-bond donors (Lipinski definition) is 2. The minimum Gasteiger partial charge on any atom is -0.355 e. The van der Waals surface area contributed by atoms with Gasteiger partial charge in [0.1, 0.15) is 0 Å². The molecule has 0 saturated carbocycles. The summed E-state index contributed by atoms with van der Waals surface area (Å²) in [6.45, 7) is 0. The molecule has 0 radical (unpaired) electrons. The summed E-state index contributed by atoms with van der Waals surface area (Å²) in [5, 5.41) is 0. The Morgan fingerprint density at radius 2 is 1.24 bits per heavy atom. The van der Waals surface area contributed by atoms with Gasteiger partial charge in [-0.3, -0.25) is 0 Å². The number of nitrogens with zero attached hydrogens (tertiary/aromatic N) is 2. The number of aromatic nitrogens is 4. The van der Waals surface area contributed by atoms with Crippen LogP contribution in [0.2, 0.25) is 0 Å². The number of nitrogens with one attached hydrogen (secondary N) is 2. The molecule has 6 rings (SSSR count). The molecular weight excluding hydrogens is 458 g/mol. The summed E-state index contributed by atoms with van der Waals surface area (Å²) in [5.74, 6) is 2.91. The summed E-state index contributed by atoms with van der Waals surface area (Å²) in [7, 11) is 0. The van der Waals surface area contributed by atoms with Crippen LogP contribution in [0.25, 0.3) is 57.5 Å². The van der Waals surface area contributed by atoms with Crippen molar-refractivity contribution in [2.45, 2.75) is 0 Å². The Morgan fingerprint density at radius 1 is 0.636 bits per heavy atom. The van der Waals surface area contributed by atoms with Crippen LogP contribution < -0.4 is 0 Å². The predicted molar refractivity (Wildman–Crippen MR) is 132 cm³/mol. The van der Waals surface area contributed by atoms with Gasteiger partial charge >= 0.3 is 0 Å². The molecule has 3 aromatic heterocycles. The molecule has 0 saturated heterocycles. The van der Waals surface area contributed by atoms with E-state index in [0.29, 0.717) is 0 Å². The van der Waals surface area contributed by atoms with Crippen LogP contribution in [0, 0.1) is 12.3 Å². The molecule has 1 aromatic carbocycles. The first-order valence-corrected chi connectivity index (χ1v) is 10.4. The van der Waals surface area contributed by atoms with Gasteiger partial charge in [-0.2, -0.15) is 0 Å². The van der Waals surface area contributed by atoms with Gasteiger partial charge < -0.3 is 9.97 Å².